The molecule has 0 aliphatic carbocycles. The lowest BCUT2D eigenvalue weighted by molar-refractivity contribution is -0.145. The first-order valence-corrected chi connectivity index (χ1v) is 6.01. The number of aromatic nitrogens is 3. The van der Waals surface area contributed by atoms with E-state index >= 15 is 0 Å². The van der Waals surface area contributed by atoms with Gasteiger partial charge in [-0.15, -0.1) is 0 Å². The highest BCUT2D eigenvalue weighted by Crippen LogP contribution is 2.26. The zero-order chi connectivity index (χ0) is 14.8. The molecule has 20 heavy (non-hydrogen) atoms. The predicted molar refractivity (Wildman–Crippen MR) is 68.3 cm³/mol. The number of halogens is 4. The molecule has 0 amide bonds. The zero-order valence-electron chi connectivity index (χ0n) is 10.4. The zero-order valence-corrected chi connectivity index (χ0v) is 11.1. The molecule has 1 heterocycles. The van der Waals surface area contributed by atoms with Gasteiger partial charge in [0.15, 0.2) is 0 Å². The molecule has 0 bridgehead atoms. The second kappa shape index (κ2) is 5.62. The molecule has 106 valence electrons. The molecule has 1 aromatic heterocycles. The van der Waals surface area contributed by atoms with Gasteiger partial charge in [0.25, 0.3) is 0 Å². The number of aryl methyl sites for hydroxylation is 1. The van der Waals surface area contributed by atoms with Crippen LogP contribution < -0.4 is 5.32 Å². The van der Waals surface area contributed by atoms with Crippen molar-refractivity contribution in [3.05, 3.63) is 46.5 Å². The summed E-state index contributed by atoms with van der Waals surface area (Å²) in [5.74, 6) is -1.36. The van der Waals surface area contributed by atoms with Crippen molar-refractivity contribution in [1.82, 2.24) is 15.0 Å². The first-order valence-electron chi connectivity index (χ1n) is 5.63. The Morgan fingerprint density at radius 3 is 2.50 bits per heavy atom. The lowest BCUT2D eigenvalue weighted by Gasteiger charge is -2.10. The van der Waals surface area contributed by atoms with Crippen LogP contribution in [0.1, 0.15) is 17.2 Å². The highest BCUT2D eigenvalue weighted by Gasteiger charge is 2.35. The number of alkyl halides is 3. The predicted octanol–water partition coefficient (Wildman–Crippen LogP) is 3.46. The van der Waals surface area contributed by atoms with Gasteiger partial charge in [-0.25, -0.2) is 4.98 Å². The smallest absolute Gasteiger partial charge is 0.350 e. The van der Waals surface area contributed by atoms with E-state index in [2.05, 4.69) is 20.3 Å². The second-order valence-corrected chi connectivity index (χ2v) is 4.38. The summed E-state index contributed by atoms with van der Waals surface area (Å²) in [5.41, 5.74) is 0.737. The van der Waals surface area contributed by atoms with Crippen molar-refractivity contribution in [3.8, 4) is 0 Å². The first kappa shape index (κ1) is 14.5. The SMILES string of the molecule is Cc1nc(NCc2ccccc2Cl)nc(C(F)(F)F)n1. The number of nitrogens with zero attached hydrogens (tertiary/aromatic N) is 3. The summed E-state index contributed by atoms with van der Waals surface area (Å²) in [6.45, 7) is 1.60. The van der Waals surface area contributed by atoms with Gasteiger partial charge in [0.2, 0.25) is 11.8 Å². The molecule has 8 heteroatoms. The van der Waals surface area contributed by atoms with E-state index in [4.69, 9.17) is 11.6 Å². The van der Waals surface area contributed by atoms with E-state index in [1.165, 1.54) is 6.92 Å². The minimum absolute atomic E-state index is 0.00557. The number of rotatable bonds is 3. The van der Waals surface area contributed by atoms with Gasteiger partial charge in [0.05, 0.1) is 0 Å². The maximum Gasteiger partial charge on any atom is 0.451 e. The number of nitrogens with one attached hydrogen (secondary N) is 1. The molecule has 0 saturated heterocycles. The lowest BCUT2D eigenvalue weighted by Crippen LogP contribution is -2.15. The summed E-state index contributed by atoms with van der Waals surface area (Å²) in [6.07, 6.45) is -4.60. The molecule has 0 fully saturated rings. The molecule has 1 N–H and O–H groups in total. The molecule has 0 spiro atoms. The molecule has 2 aromatic rings. The Labute approximate surface area is 118 Å². The molecule has 0 aliphatic rings. The molecule has 0 unspecified atom stereocenters. The van der Waals surface area contributed by atoms with Crippen molar-refractivity contribution in [1.29, 1.82) is 0 Å². The van der Waals surface area contributed by atoms with Crippen molar-refractivity contribution in [2.24, 2.45) is 0 Å². The third kappa shape index (κ3) is 3.57. The van der Waals surface area contributed by atoms with Gasteiger partial charge in [0.1, 0.15) is 5.82 Å². The van der Waals surface area contributed by atoms with Crippen molar-refractivity contribution < 1.29 is 13.2 Å². The second-order valence-electron chi connectivity index (χ2n) is 3.97. The summed E-state index contributed by atoms with van der Waals surface area (Å²) in [6, 6.07) is 7.00. The highest BCUT2D eigenvalue weighted by molar-refractivity contribution is 6.31. The van der Waals surface area contributed by atoms with Crippen LogP contribution in [-0.4, -0.2) is 15.0 Å². The van der Waals surface area contributed by atoms with E-state index in [0.717, 1.165) is 5.56 Å². The number of hydrogen-bond donors (Lipinski definition) is 1. The van der Waals surface area contributed by atoms with Crippen LogP contribution in [-0.2, 0) is 12.7 Å². The summed E-state index contributed by atoms with van der Waals surface area (Å²) in [7, 11) is 0. The molecule has 0 radical (unpaired) electrons. The average Bonchev–Trinajstić information content (AvgIpc) is 2.36. The van der Waals surface area contributed by atoms with E-state index in [1.807, 2.05) is 0 Å². The van der Waals surface area contributed by atoms with Gasteiger partial charge in [-0.2, -0.15) is 23.1 Å². The summed E-state index contributed by atoms with van der Waals surface area (Å²) in [5, 5.41) is 3.22. The van der Waals surface area contributed by atoms with Crippen LogP contribution >= 0.6 is 11.6 Å². The molecular weight excluding hydrogens is 293 g/mol. The maximum atomic E-state index is 12.6. The van der Waals surface area contributed by atoms with Crippen LogP contribution in [0, 0.1) is 6.92 Å². The quantitative estimate of drug-likeness (QED) is 0.943. The van der Waals surface area contributed by atoms with Crippen LogP contribution in [0.2, 0.25) is 5.02 Å². The average molecular weight is 303 g/mol. The van der Waals surface area contributed by atoms with Crippen LogP contribution in [0.5, 0.6) is 0 Å². The molecule has 4 nitrogen and oxygen atoms in total. The Balaban J connectivity index is 2.18. The van der Waals surface area contributed by atoms with Gasteiger partial charge in [-0.05, 0) is 18.6 Å². The highest BCUT2D eigenvalue weighted by atomic mass is 35.5. The summed E-state index contributed by atoms with van der Waals surface area (Å²) < 4.78 is 37.7. The Kier molecular flexibility index (Phi) is 4.08. The third-order valence-corrected chi connectivity index (χ3v) is 2.76. The van der Waals surface area contributed by atoms with Crippen LogP contribution in [0.25, 0.3) is 0 Å². The fourth-order valence-corrected chi connectivity index (χ4v) is 1.71. The molecule has 0 atom stereocenters. The first-order chi connectivity index (χ1) is 9.36. The number of hydrogen-bond acceptors (Lipinski definition) is 4. The topological polar surface area (TPSA) is 50.7 Å². The van der Waals surface area contributed by atoms with Crippen molar-refractivity contribution in [3.63, 3.8) is 0 Å². The van der Waals surface area contributed by atoms with E-state index in [9.17, 15) is 13.2 Å². The van der Waals surface area contributed by atoms with E-state index in [-0.39, 0.29) is 18.3 Å². The molecule has 0 saturated carbocycles. The van der Waals surface area contributed by atoms with Gasteiger partial charge < -0.3 is 5.32 Å². The van der Waals surface area contributed by atoms with Crippen LogP contribution in [0.15, 0.2) is 24.3 Å². The number of benzene rings is 1. The minimum Gasteiger partial charge on any atom is -0.350 e. The molecule has 1 aromatic carbocycles. The van der Waals surface area contributed by atoms with Gasteiger partial charge in [0, 0.05) is 11.6 Å². The van der Waals surface area contributed by atoms with E-state index in [0.29, 0.717) is 5.02 Å². The van der Waals surface area contributed by atoms with Crippen molar-refractivity contribution in [2.45, 2.75) is 19.6 Å². The monoisotopic (exact) mass is 302 g/mol. The standard InChI is InChI=1S/C12H10ClF3N4/c1-7-18-10(12(14,15)16)20-11(19-7)17-6-8-4-2-3-5-9(8)13/h2-5H,6H2,1H3,(H,17,18,19,20). The Hall–Kier alpha value is -1.89. The fraction of sp³-hybridized carbons (Fsp3) is 0.250. The van der Waals surface area contributed by atoms with E-state index in [1.54, 1.807) is 24.3 Å². The van der Waals surface area contributed by atoms with Gasteiger partial charge in [-0.1, -0.05) is 29.8 Å². The normalized spacial score (nSPS) is 11.4. The summed E-state index contributed by atoms with van der Waals surface area (Å²) in [4.78, 5) is 10.4. The molecule has 0 aliphatic heterocycles. The van der Waals surface area contributed by atoms with Crippen molar-refractivity contribution >= 4 is 17.5 Å². The Bertz CT molecular complexity index is 616. The third-order valence-electron chi connectivity index (χ3n) is 2.40. The fourth-order valence-electron chi connectivity index (χ4n) is 1.50. The maximum absolute atomic E-state index is 12.6. The summed E-state index contributed by atoms with van der Waals surface area (Å²) >= 11 is 5.95. The van der Waals surface area contributed by atoms with E-state index < -0.39 is 12.0 Å². The Morgan fingerprint density at radius 1 is 1.15 bits per heavy atom. The minimum atomic E-state index is -4.60. The van der Waals surface area contributed by atoms with Gasteiger partial charge >= 0.3 is 6.18 Å². The van der Waals surface area contributed by atoms with Crippen LogP contribution in [0.3, 0.4) is 0 Å². The number of anilines is 1. The molecule has 2 rings (SSSR count). The largest absolute Gasteiger partial charge is 0.451 e. The van der Waals surface area contributed by atoms with Crippen molar-refractivity contribution in [2.75, 3.05) is 5.32 Å². The lowest BCUT2D eigenvalue weighted by atomic mass is 10.2. The Morgan fingerprint density at radius 2 is 1.85 bits per heavy atom. The molecular formula is C12H10ClF3N4. The van der Waals surface area contributed by atoms with Crippen LogP contribution in [0.4, 0.5) is 19.1 Å². The van der Waals surface area contributed by atoms with Gasteiger partial charge in [-0.3, -0.25) is 0 Å².